The molecule has 12 nitrogen and oxygen atoms in total. The molecule has 4 heterocycles. The second-order valence-corrected chi connectivity index (χ2v) is 13.9. The Morgan fingerprint density at radius 1 is 0.596 bits per heavy atom. The molecule has 4 aliphatic heterocycles. The molecule has 0 aromatic heterocycles. The number of nitrogens with zero attached hydrogens (tertiary/aromatic N) is 5. The first-order valence-corrected chi connectivity index (χ1v) is 18.3. The summed E-state index contributed by atoms with van der Waals surface area (Å²) in [5.41, 5.74) is 4.22. The van der Waals surface area contributed by atoms with Gasteiger partial charge in [0.15, 0.2) is 0 Å². The second-order valence-electron chi connectivity index (χ2n) is 13.9. The number of benzene rings is 4. The third kappa shape index (κ3) is 6.40. The SMILES string of the molecule is CN(CCCNCCN1C(=O)c2cccc3cc(N4CCOCC4)cc(c23)C1=O)CCN1C(=O)c2cccc3cc(N4CCOCC4)cc(c23)C1=O. The van der Waals surface area contributed by atoms with Crippen LogP contribution >= 0.6 is 0 Å². The predicted octanol–water partition coefficient (Wildman–Crippen LogP) is 3.47. The fourth-order valence-corrected chi connectivity index (χ4v) is 7.87. The topological polar surface area (TPSA) is 115 Å². The van der Waals surface area contributed by atoms with Gasteiger partial charge in [0.25, 0.3) is 23.6 Å². The van der Waals surface area contributed by atoms with Gasteiger partial charge in [0.1, 0.15) is 0 Å². The van der Waals surface area contributed by atoms with Crippen LogP contribution in [0.5, 0.6) is 0 Å². The Labute approximate surface area is 302 Å². The highest BCUT2D eigenvalue weighted by atomic mass is 16.5. The lowest BCUT2D eigenvalue weighted by atomic mass is 9.93. The summed E-state index contributed by atoms with van der Waals surface area (Å²) in [6, 6.07) is 19.3. The minimum absolute atomic E-state index is 0.253. The average molecular weight is 705 g/mol. The first kappa shape index (κ1) is 34.2. The summed E-state index contributed by atoms with van der Waals surface area (Å²) in [4.78, 5) is 63.7. The van der Waals surface area contributed by atoms with E-state index in [4.69, 9.17) is 9.47 Å². The van der Waals surface area contributed by atoms with E-state index in [2.05, 4.69) is 32.1 Å². The minimum atomic E-state index is -0.262. The number of carbonyl (C=O) groups excluding carboxylic acids is 4. The molecule has 0 atom stereocenters. The van der Waals surface area contributed by atoms with Crippen molar-refractivity contribution in [2.24, 2.45) is 0 Å². The highest BCUT2D eigenvalue weighted by Gasteiger charge is 2.35. The molecule has 4 aromatic carbocycles. The number of hydrogen-bond donors (Lipinski definition) is 1. The second kappa shape index (κ2) is 14.6. The molecule has 0 spiro atoms. The van der Waals surface area contributed by atoms with Crippen LogP contribution in [0, 0.1) is 0 Å². The van der Waals surface area contributed by atoms with E-state index < -0.39 is 0 Å². The molecule has 1 N–H and O–H groups in total. The standard InChI is InChI=1S/C40H44N6O6/c1-42(13-14-46-38(48)32-8-3-6-28-24-30(44-17-21-52-22-18-44)26-34(36(28)32)40(46)50)11-4-9-41-10-12-45-37(47)31-7-2-5-27-23-29(43-15-19-51-20-16-43)25-33(35(27)31)39(45)49/h2-3,5-8,23-26,41H,4,9-22H2,1H3. The summed E-state index contributed by atoms with van der Waals surface area (Å²) < 4.78 is 11.0. The van der Waals surface area contributed by atoms with Gasteiger partial charge in [0.2, 0.25) is 0 Å². The number of rotatable bonds is 12. The maximum Gasteiger partial charge on any atom is 0.261 e. The largest absolute Gasteiger partial charge is 0.378 e. The van der Waals surface area contributed by atoms with E-state index in [1.165, 1.54) is 9.80 Å². The quantitative estimate of drug-likeness (QED) is 0.174. The third-order valence-electron chi connectivity index (χ3n) is 10.7. The molecule has 0 unspecified atom stereocenters. The summed E-state index contributed by atoms with van der Waals surface area (Å²) in [6.45, 7) is 8.65. The number of hydrogen-bond acceptors (Lipinski definition) is 10. The summed E-state index contributed by atoms with van der Waals surface area (Å²) in [5.74, 6) is -1.03. The normalized spacial score (nSPS) is 17.7. The van der Waals surface area contributed by atoms with Crippen LogP contribution in [-0.2, 0) is 9.47 Å². The van der Waals surface area contributed by atoms with Crippen LogP contribution in [0.15, 0.2) is 60.7 Å². The van der Waals surface area contributed by atoms with Gasteiger partial charge in [-0.3, -0.25) is 29.0 Å². The molecule has 0 bridgehead atoms. The molecule has 270 valence electrons. The van der Waals surface area contributed by atoms with Crippen LogP contribution in [0.4, 0.5) is 11.4 Å². The Kier molecular flexibility index (Phi) is 9.63. The van der Waals surface area contributed by atoms with E-state index >= 15 is 0 Å². The monoisotopic (exact) mass is 704 g/mol. The number of amides is 4. The van der Waals surface area contributed by atoms with Crippen LogP contribution < -0.4 is 15.1 Å². The van der Waals surface area contributed by atoms with Gasteiger partial charge in [-0.1, -0.05) is 24.3 Å². The highest BCUT2D eigenvalue weighted by molar-refractivity contribution is 6.27. The van der Waals surface area contributed by atoms with Crippen molar-refractivity contribution in [1.29, 1.82) is 0 Å². The van der Waals surface area contributed by atoms with Crippen LogP contribution in [0.2, 0.25) is 0 Å². The van der Waals surface area contributed by atoms with Gasteiger partial charge in [0.05, 0.1) is 37.6 Å². The number of anilines is 2. The fourth-order valence-electron chi connectivity index (χ4n) is 7.87. The molecular formula is C40H44N6O6. The van der Waals surface area contributed by atoms with Crippen molar-refractivity contribution in [1.82, 2.24) is 20.0 Å². The van der Waals surface area contributed by atoms with Gasteiger partial charge in [0, 0.05) is 85.6 Å². The highest BCUT2D eigenvalue weighted by Crippen LogP contribution is 2.36. The molecule has 4 aromatic rings. The zero-order valence-electron chi connectivity index (χ0n) is 29.6. The molecule has 0 saturated carbocycles. The number of morpholine rings is 2. The van der Waals surface area contributed by atoms with Gasteiger partial charge >= 0.3 is 0 Å². The Hall–Kier alpha value is -4.88. The lowest BCUT2D eigenvalue weighted by molar-refractivity contribution is 0.0589. The third-order valence-corrected chi connectivity index (χ3v) is 10.7. The molecule has 0 aliphatic carbocycles. The summed E-state index contributed by atoms with van der Waals surface area (Å²) >= 11 is 0. The van der Waals surface area contributed by atoms with Crippen LogP contribution in [0.3, 0.4) is 0 Å². The summed E-state index contributed by atoms with van der Waals surface area (Å²) in [6.07, 6.45) is 0.816. The van der Waals surface area contributed by atoms with Gasteiger partial charge < -0.3 is 29.5 Å². The van der Waals surface area contributed by atoms with Gasteiger partial charge in [-0.15, -0.1) is 0 Å². The van der Waals surface area contributed by atoms with Crippen molar-refractivity contribution < 1.29 is 28.7 Å². The molecule has 52 heavy (non-hydrogen) atoms. The van der Waals surface area contributed by atoms with E-state index in [9.17, 15) is 19.2 Å². The smallest absolute Gasteiger partial charge is 0.261 e. The number of carbonyl (C=O) groups is 4. The van der Waals surface area contributed by atoms with Crippen LogP contribution in [-0.4, -0.2) is 137 Å². The van der Waals surface area contributed by atoms with E-state index in [1.807, 2.05) is 49.5 Å². The first-order valence-electron chi connectivity index (χ1n) is 18.3. The van der Waals surface area contributed by atoms with Crippen molar-refractivity contribution in [2.45, 2.75) is 6.42 Å². The predicted molar refractivity (Wildman–Crippen MR) is 200 cm³/mol. The minimum Gasteiger partial charge on any atom is -0.378 e. The lowest BCUT2D eigenvalue weighted by Gasteiger charge is -2.32. The molecule has 8 rings (SSSR count). The van der Waals surface area contributed by atoms with Crippen molar-refractivity contribution in [3.05, 3.63) is 82.9 Å². The summed E-state index contributed by atoms with van der Waals surface area (Å²) in [7, 11) is 1.98. The summed E-state index contributed by atoms with van der Waals surface area (Å²) in [5, 5.41) is 6.65. The van der Waals surface area contributed by atoms with Crippen LogP contribution in [0.25, 0.3) is 21.5 Å². The Bertz CT molecular complexity index is 2060. The Morgan fingerprint density at radius 3 is 1.60 bits per heavy atom. The first-order chi connectivity index (χ1) is 25.4. The molecule has 4 amide bonds. The Morgan fingerprint density at radius 2 is 1.08 bits per heavy atom. The van der Waals surface area contributed by atoms with E-state index in [-0.39, 0.29) is 30.2 Å². The lowest BCUT2D eigenvalue weighted by Crippen LogP contribution is -2.45. The fraction of sp³-hybridized carbons (Fsp3) is 0.400. The van der Waals surface area contributed by atoms with Crippen molar-refractivity contribution in [3.63, 3.8) is 0 Å². The van der Waals surface area contributed by atoms with Gasteiger partial charge in [-0.2, -0.15) is 0 Å². The molecule has 4 aliphatic rings. The van der Waals surface area contributed by atoms with Crippen molar-refractivity contribution >= 4 is 56.5 Å². The van der Waals surface area contributed by atoms with Gasteiger partial charge in [-0.05, 0) is 73.7 Å². The maximum atomic E-state index is 13.8. The van der Waals surface area contributed by atoms with Gasteiger partial charge in [-0.25, -0.2) is 0 Å². The molecule has 12 heteroatoms. The van der Waals surface area contributed by atoms with Crippen molar-refractivity contribution in [3.8, 4) is 0 Å². The van der Waals surface area contributed by atoms with Crippen molar-refractivity contribution in [2.75, 3.05) is 109 Å². The van der Waals surface area contributed by atoms with E-state index in [0.717, 1.165) is 72.1 Å². The maximum absolute atomic E-state index is 13.8. The zero-order valence-corrected chi connectivity index (χ0v) is 29.6. The molecule has 2 fully saturated rings. The van der Waals surface area contributed by atoms with E-state index in [0.29, 0.717) is 74.9 Å². The zero-order chi connectivity index (χ0) is 35.8. The molecule has 0 radical (unpaired) electrons. The Balaban J connectivity index is 0.835. The number of ether oxygens (including phenoxy) is 2. The number of nitrogens with one attached hydrogen (secondary N) is 1. The number of likely N-dealkylation sites (N-methyl/N-ethyl adjacent to an activating group) is 1. The number of imide groups is 2. The molecular weight excluding hydrogens is 660 g/mol. The van der Waals surface area contributed by atoms with E-state index in [1.54, 1.807) is 6.07 Å². The molecule has 2 saturated heterocycles. The average Bonchev–Trinajstić information content (AvgIpc) is 3.18. The van der Waals surface area contributed by atoms with Crippen LogP contribution in [0.1, 0.15) is 47.9 Å².